The largest absolute Gasteiger partial charge is 0.293 e. The molecule has 3 aromatic rings. The minimum absolute atomic E-state index is 0.0199. The van der Waals surface area contributed by atoms with Gasteiger partial charge in [0.2, 0.25) is 0 Å². The summed E-state index contributed by atoms with van der Waals surface area (Å²) < 4.78 is 3.50. The van der Waals surface area contributed by atoms with Gasteiger partial charge in [0.15, 0.2) is 0 Å². The van der Waals surface area contributed by atoms with Crippen molar-refractivity contribution in [2.24, 2.45) is 0 Å². The van der Waals surface area contributed by atoms with Crippen molar-refractivity contribution in [1.82, 2.24) is 29.0 Å². The minimum Gasteiger partial charge on any atom is -0.293 e. The zero-order valence-electron chi connectivity index (χ0n) is 14.4. The van der Waals surface area contributed by atoms with Crippen LogP contribution in [0.3, 0.4) is 0 Å². The molecule has 3 aromatic heterocycles. The summed E-state index contributed by atoms with van der Waals surface area (Å²) in [4.78, 5) is 23.5. The van der Waals surface area contributed by atoms with Crippen molar-refractivity contribution in [2.45, 2.75) is 45.3 Å². The molecule has 0 amide bonds. The van der Waals surface area contributed by atoms with Crippen molar-refractivity contribution >= 4 is 5.65 Å². The molecule has 4 heterocycles. The second-order valence-corrected chi connectivity index (χ2v) is 6.76. The van der Waals surface area contributed by atoms with Gasteiger partial charge in [-0.15, -0.1) is 0 Å². The Kier molecular flexibility index (Phi) is 4.31. The highest BCUT2D eigenvalue weighted by molar-refractivity contribution is 5.39. The van der Waals surface area contributed by atoms with Gasteiger partial charge < -0.3 is 0 Å². The van der Waals surface area contributed by atoms with Gasteiger partial charge in [-0.05, 0) is 37.9 Å². The van der Waals surface area contributed by atoms with Gasteiger partial charge in [0.05, 0.1) is 12.2 Å². The fourth-order valence-corrected chi connectivity index (χ4v) is 3.57. The van der Waals surface area contributed by atoms with Gasteiger partial charge in [0, 0.05) is 24.8 Å². The van der Waals surface area contributed by atoms with Crippen LogP contribution in [0, 0.1) is 6.92 Å². The second kappa shape index (κ2) is 6.76. The Bertz CT molecular complexity index is 917. The molecule has 1 saturated heterocycles. The summed E-state index contributed by atoms with van der Waals surface area (Å²) in [6.07, 6.45) is 8.70. The Labute approximate surface area is 145 Å². The Balaban J connectivity index is 1.58. The van der Waals surface area contributed by atoms with E-state index in [4.69, 9.17) is 0 Å². The second-order valence-electron chi connectivity index (χ2n) is 6.76. The van der Waals surface area contributed by atoms with Crippen LogP contribution in [0.4, 0.5) is 0 Å². The maximum atomic E-state index is 12.4. The summed E-state index contributed by atoms with van der Waals surface area (Å²) in [7, 11) is 0. The predicted molar refractivity (Wildman–Crippen MR) is 94.3 cm³/mol. The molecular weight excluding hydrogens is 316 g/mol. The maximum absolute atomic E-state index is 12.4. The van der Waals surface area contributed by atoms with Gasteiger partial charge in [-0.2, -0.15) is 5.10 Å². The number of piperidine rings is 1. The molecule has 25 heavy (non-hydrogen) atoms. The molecule has 0 saturated carbocycles. The first-order chi connectivity index (χ1) is 12.2. The van der Waals surface area contributed by atoms with Gasteiger partial charge in [-0.3, -0.25) is 18.8 Å². The monoisotopic (exact) mass is 338 g/mol. The standard InChI is InChI=1S/C18H22N6O/c1-14-5-6-17-21-15(8-18(25)24(17)9-14)10-22-7-3-2-4-16(22)11-23-13-19-12-20-23/h5-6,8-9,12-13,16H,2-4,7,10-11H2,1H3. The van der Waals surface area contributed by atoms with E-state index in [1.165, 1.54) is 12.8 Å². The lowest BCUT2D eigenvalue weighted by Gasteiger charge is -2.35. The highest BCUT2D eigenvalue weighted by Crippen LogP contribution is 2.20. The summed E-state index contributed by atoms with van der Waals surface area (Å²) in [5.74, 6) is 0. The number of rotatable bonds is 4. The number of fused-ring (bicyclic) bond motifs is 1. The van der Waals surface area contributed by atoms with Crippen LogP contribution in [0.25, 0.3) is 5.65 Å². The van der Waals surface area contributed by atoms with Crippen molar-refractivity contribution in [2.75, 3.05) is 6.54 Å². The predicted octanol–water partition coefficient (Wildman–Crippen LogP) is 1.65. The first-order valence-electron chi connectivity index (χ1n) is 8.74. The van der Waals surface area contributed by atoms with E-state index in [9.17, 15) is 4.79 Å². The summed E-state index contributed by atoms with van der Waals surface area (Å²) in [5.41, 5.74) is 2.57. The van der Waals surface area contributed by atoms with Crippen LogP contribution in [0.15, 0.2) is 41.8 Å². The van der Waals surface area contributed by atoms with E-state index in [2.05, 4.69) is 20.0 Å². The third-order valence-electron chi connectivity index (χ3n) is 4.84. The van der Waals surface area contributed by atoms with E-state index < -0.39 is 0 Å². The number of hydrogen-bond donors (Lipinski definition) is 0. The highest BCUT2D eigenvalue weighted by atomic mass is 16.1. The molecule has 1 aliphatic heterocycles. The normalized spacial score (nSPS) is 18.7. The summed E-state index contributed by atoms with van der Waals surface area (Å²) >= 11 is 0. The zero-order chi connectivity index (χ0) is 17.2. The van der Waals surface area contributed by atoms with E-state index in [1.807, 2.05) is 29.9 Å². The number of pyridine rings is 1. The Morgan fingerprint density at radius 2 is 2.20 bits per heavy atom. The Hall–Kier alpha value is -2.54. The van der Waals surface area contributed by atoms with Gasteiger partial charge >= 0.3 is 0 Å². The quantitative estimate of drug-likeness (QED) is 0.723. The third-order valence-corrected chi connectivity index (χ3v) is 4.84. The molecule has 130 valence electrons. The average Bonchev–Trinajstić information content (AvgIpc) is 3.10. The number of aromatic nitrogens is 5. The molecule has 7 nitrogen and oxygen atoms in total. The molecule has 1 aliphatic rings. The Morgan fingerprint density at radius 1 is 1.28 bits per heavy atom. The van der Waals surface area contributed by atoms with Crippen LogP contribution in [-0.4, -0.2) is 41.6 Å². The summed E-state index contributed by atoms with van der Waals surface area (Å²) in [6, 6.07) is 5.95. The lowest BCUT2D eigenvalue weighted by molar-refractivity contribution is 0.120. The lowest BCUT2D eigenvalue weighted by Crippen LogP contribution is -2.42. The molecule has 0 radical (unpaired) electrons. The van der Waals surface area contributed by atoms with Gasteiger partial charge in [-0.25, -0.2) is 9.97 Å². The molecule has 4 rings (SSSR count). The summed E-state index contributed by atoms with van der Waals surface area (Å²) in [6.45, 7) is 4.52. The molecule has 1 fully saturated rings. The van der Waals surface area contributed by atoms with Gasteiger partial charge in [0.1, 0.15) is 18.3 Å². The van der Waals surface area contributed by atoms with Crippen LogP contribution in [0.5, 0.6) is 0 Å². The van der Waals surface area contributed by atoms with Gasteiger partial charge in [0.25, 0.3) is 5.56 Å². The topological polar surface area (TPSA) is 68.3 Å². The number of aryl methyl sites for hydroxylation is 1. The molecule has 0 aliphatic carbocycles. The number of likely N-dealkylation sites (tertiary alicyclic amines) is 1. The molecule has 0 bridgehead atoms. The lowest BCUT2D eigenvalue weighted by atomic mass is 10.0. The Morgan fingerprint density at radius 3 is 3.04 bits per heavy atom. The van der Waals surface area contributed by atoms with Crippen molar-refractivity contribution in [3.05, 3.63) is 58.7 Å². The molecular formula is C18H22N6O. The first kappa shape index (κ1) is 16.0. The van der Waals surface area contributed by atoms with E-state index in [0.717, 1.165) is 30.8 Å². The van der Waals surface area contributed by atoms with E-state index in [-0.39, 0.29) is 5.56 Å². The van der Waals surface area contributed by atoms with Crippen LogP contribution in [-0.2, 0) is 13.1 Å². The third kappa shape index (κ3) is 3.46. The van der Waals surface area contributed by atoms with Crippen LogP contribution in [0.2, 0.25) is 0 Å². The van der Waals surface area contributed by atoms with Crippen molar-refractivity contribution in [3.63, 3.8) is 0 Å². The van der Waals surface area contributed by atoms with E-state index >= 15 is 0 Å². The number of nitrogens with zero attached hydrogens (tertiary/aromatic N) is 6. The van der Waals surface area contributed by atoms with Crippen LogP contribution >= 0.6 is 0 Å². The molecule has 7 heteroatoms. The zero-order valence-corrected chi connectivity index (χ0v) is 14.4. The SMILES string of the molecule is Cc1ccc2nc(CN3CCCCC3Cn3cncn3)cc(=O)n2c1. The molecule has 0 aromatic carbocycles. The van der Waals surface area contributed by atoms with Crippen molar-refractivity contribution in [3.8, 4) is 0 Å². The smallest absolute Gasteiger partial charge is 0.258 e. The molecule has 0 N–H and O–H groups in total. The first-order valence-corrected chi connectivity index (χ1v) is 8.74. The van der Waals surface area contributed by atoms with E-state index in [0.29, 0.717) is 18.2 Å². The molecule has 1 unspecified atom stereocenters. The highest BCUT2D eigenvalue weighted by Gasteiger charge is 2.23. The van der Waals surface area contributed by atoms with Crippen LogP contribution < -0.4 is 5.56 Å². The fraction of sp³-hybridized carbons (Fsp3) is 0.444. The van der Waals surface area contributed by atoms with Crippen molar-refractivity contribution < 1.29 is 0 Å². The fourth-order valence-electron chi connectivity index (χ4n) is 3.57. The average molecular weight is 338 g/mol. The van der Waals surface area contributed by atoms with Crippen molar-refractivity contribution in [1.29, 1.82) is 0 Å². The van der Waals surface area contributed by atoms with E-state index in [1.54, 1.807) is 23.1 Å². The molecule has 0 spiro atoms. The number of hydrogen-bond acceptors (Lipinski definition) is 5. The van der Waals surface area contributed by atoms with Gasteiger partial charge in [-0.1, -0.05) is 12.5 Å². The summed E-state index contributed by atoms with van der Waals surface area (Å²) in [5, 5.41) is 4.23. The maximum Gasteiger partial charge on any atom is 0.258 e. The van der Waals surface area contributed by atoms with Crippen LogP contribution in [0.1, 0.15) is 30.5 Å². The molecule has 1 atom stereocenters. The minimum atomic E-state index is -0.0199.